The summed E-state index contributed by atoms with van der Waals surface area (Å²) in [4.78, 5) is 2.22. The second-order valence-electron chi connectivity index (χ2n) is 4.87. The zero-order valence-corrected chi connectivity index (χ0v) is 11.1. The molecule has 1 atom stereocenters. The Bertz CT molecular complexity index is 419. The van der Waals surface area contributed by atoms with Gasteiger partial charge in [0.05, 0.1) is 6.04 Å². The Morgan fingerprint density at radius 3 is 2.58 bits per heavy atom. The monoisotopic (exact) mass is 270 g/mol. The molecule has 0 aromatic heterocycles. The number of hydrogen-bond donors (Lipinski definition) is 2. The highest BCUT2D eigenvalue weighted by Gasteiger charge is 2.20. The number of nitrogens with zero attached hydrogens (tertiary/aromatic N) is 2. The van der Waals surface area contributed by atoms with Crippen LogP contribution in [0.1, 0.15) is 11.6 Å². The van der Waals surface area contributed by atoms with Crippen LogP contribution < -0.4 is 11.2 Å². The second kappa shape index (κ2) is 6.38. The third-order valence-electron chi connectivity index (χ3n) is 3.41. The Balaban J connectivity index is 2.05. The Labute approximate surface area is 112 Å². The molecule has 106 valence electrons. The van der Waals surface area contributed by atoms with Crippen molar-refractivity contribution in [3.63, 3.8) is 0 Å². The summed E-state index contributed by atoms with van der Waals surface area (Å²) in [6, 6.07) is 3.05. The van der Waals surface area contributed by atoms with Gasteiger partial charge in [0.2, 0.25) is 0 Å². The molecule has 19 heavy (non-hydrogen) atoms. The summed E-state index contributed by atoms with van der Waals surface area (Å²) in [5, 5.41) is 2.02. The average Bonchev–Trinajstić information content (AvgIpc) is 2.41. The molecule has 6 heteroatoms. The first kappa shape index (κ1) is 14.3. The van der Waals surface area contributed by atoms with E-state index in [4.69, 9.17) is 5.73 Å². The predicted molar refractivity (Wildman–Crippen MR) is 70.4 cm³/mol. The van der Waals surface area contributed by atoms with Crippen molar-refractivity contribution < 1.29 is 8.78 Å². The van der Waals surface area contributed by atoms with Crippen LogP contribution in [0, 0.1) is 11.6 Å². The fraction of sp³-hybridized carbons (Fsp3) is 0.538. The first-order valence-corrected chi connectivity index (χ1v) is 6.45. The average molecular weight is 270 g/mol. The van der Waals surface area contributed by atoms with Gasteiger partial charge in [-0.15, -0.1) is 0 Å². The fourth-order valence-corrected chi connectivity index (χ4v) is 2.19. The van der Waals surface area contributed by atoms with E-state index in [1.807, 2.05) is 5.01 Å². The first-order chi connectivity index (χ1) is 9.10. The predicted octanol–water partition coefficient (Wildman–Crippen LogP) is 0.717. The maximum absolute atomic E-state index is 13.7. The Morgan fingerprint density at radius 2 is 1.95 bits per heavy atom. The van der Waals surface area contributed by atoms with Crippen LogP contribution in [0.2, 0.25) is 0 Å². The summed E-state index contributed by atoms with van der Waals surface area (Å²) >= 11 is 0. The number of likely N-dealkylation sites (N-methyl/N-ethyl adjacent to an activating group) is 1. The largest absolute Gasteiger partial charge is 0.329 e. The van der Waals surface area contributed by atoms with Crippen molar-refractivity contribution >= 4 is 0 Å². The molecule has 1 saturated heterocycles. The number of piperazine rings is 1. The van der Waals surface area contributed by atoms with Gasteiger partial charge >= 0.3 is 0 Å². The molecule has 1 aliphatic heterocycles. The molecule has 4 nitrogen and oxygen atoms in total. The number of benzene rings is 1. The number of hydrogen-bond acceptors (Lipinski definition) is 4. The summed E-state index contributed by atoms with van der Waals surface area (Å²) in [5.74, 6) is -0.881. The van der Waals surface area contributed by atoms with Crippen LogP contribution in [0.4, 0.5) is 8.78 Å². The van der Waals surface area contributed by atoms with Crippen molar-refractivity contribution in [2.45, 2.75) is 6.04 Å². The van der Waals surface area contributed by atoms with Crippen molar-refractivity contribution in [1.29, 1.82) is 0 Å². The van der Waals surface area contributed by atoms with E-state index in [0.29, 0.717) is 0 Å². The van der Waals surface area contributed by atoms with E-state index in [1.165, 1.54) is 6.07 Å². The molecule has 3 N–H and O–H groups in total. The number of hydrazine groups is 1. The van der Waals surface area contributed by atoms with Gasteiger partial charge in [-0.2, -0.15) is 0 Å². The van der Waals surface area contributed by atoms with Crippen molar-refractivity contribution in [3.05, 3.63) is 35.4 Å². The summed E-state index contributed by atoms with van der Waals surface area (Å²) in [6.45, 7) is 3.77. The van der Waals surface area contributed by atoms with E-state index >= 15 is 0 Å². The minimum atomic E-state index is -0.449. The quantitative estimate of drug-likeness (QED) is 0.846. The lowest BCUT2D eigenvalue weighted by molar-refractivity contribution is 0.0872. The van der Waals surface area contributed by atoms with Crippen molar-refractivity contribution in [1.82, 2.24) is 15.3 Å². The van der Waals surface area contributed by atoms with Crippen LogP contribution >= 0.6 is 0 Å². The van der Waals surface area contributed by atoms with Gasteiger partial charge in [-0.25, -0.2) is 19.2 Å². The minimum Gasteiger partial charge on any atom is -0.329 e. The van der Waals surface area contributed by atoms with Crippen molar-refractivity contribution in [2.24, 2.45) is 5.73 Å². The van der Waals surface area contributed by atoms with Crippen LogP contribution in [0.25, 0.3) is 0 Å². The van der Waals surface area contributed by atoms with E-state index in [2.05, 4.69) is 17.4 Å². The number of rotatable bonds is 4. The van der Waals surface area contributed by atoms with Gasteiger partial charge in [-0.3, -0.25) is 0 Å². The molecule has 2 rings (SSSR count). The van der Waals surface area contributed by atoms with Crippen LogP contribution in [0.15, 0.2) is 18.2 Å². The lowest BCUT2D eigenvalue weighted by Crippen LogP contribution is -2.52. The summed E-state index contributed by atoms with van der Waals surface area (Å²) in [5.41, 5.74) is 9.14. The van der Waals surface area contributed by atoms with Gasteiger partial charge in [0, 0.05) is 38.3 Å². The van der Waals surface area contributed by atoms with Crippen LogP contribution in [0.3, 0.4) is 0 Å². The molecular formula is C13H20F2N4. The molecular weight excluding hydrogens is 250 g/mol. The van der Waals surface area contributed by atoms with Crippen LogP contribution in [-0.4, -0.2) is 49.7 Å². The molecule has 0 spiro atoms. The zero-order valence-electron chi connectivity index (χ0n) is 11.1. The Morgan fingerprint density at radius 1 is 1.26 bits per heavy atom. The van der Waals surface area contributed by atoms with E-state index in [9.17, 15) is 8.78 Å². The molecule has 0 saturated carbocycles. The van der Waals surface area contributed by atoms with Gasteiger partial charge in [0.1, 0.15) is 11.6 Å². The topological polar surface area (TPSA) is 44.5 Å². The van der Waals surface area contributed by atoms with Gasteiger partial charge in [0.25, 0.3) is 0 Å². The highest BCUT2D eigenvalue weighted by atomic mass is 19.1. The van der Waals surface area contributed by atoms with Crippen molar-refractivity contribution in [3.8, 4) is 0 Å². The van der Waals surface area contributed by atoms with E-state index in [1.54, 1.807) is 0 Å². The number of nitrogens with two attached hydrogens (primary N) is 1. The maximum Gasteiger partial charge on any atom is 0.128 e. The minimum absolute atomic E-state index is 0.215. The Kier molecular flexibility index (Phi) is 4.81. The summed E-state index contributed by atoms with van der Waals surface area (Å²) < 4.78 is 27.0. The number of nitrogens with one attached hydrogen (secondary N) is 1. The fourth-order valence-electron chi connectivity index (χ4n) is 2.19. The molecule has 0 radical (unpaired) electrons. The molecule has 0 aliphatic carbocycles. The molecule has 1 aliphatic rings. The van der Waals surface area contributed by atoms with Gasteiger partial charge < -0.3 is 10.6 Å². The Hall–Kier alpha value is -1.08. The first-order valence-electron chi connectivity index (χ1n) is 6.45. The number of halogens is 2. The highest BCUT2D eigenvalue weighted by Crippen LogP contribution is 2.18. The van der Waals surface area contributed by atoms with Gasteiger partial charge in [-0.05, 0) is 25.2 Å². The molecule has 1 unspecified atom stereocenters. The van der Waals surface area contributed by atoms with Gasteiger partial charge in [0.15, 0.2) is 0 Å². The molecule has 0 bridgehead atoms. The summed E-state index contributed by atoms with van der Waals surface area (Å²) in [7, 11) is 2.06. The smallest absolute Gasteiger partial charge is 0.128 e. The third-order valence-corrected chi connectivity index (χ3v) is 3.41. The SMILES string of the molecule is CN1CCN(NC(CN)c2cc(F)ccc2F)CC1. The summed E-state index contributed by atoms with van der Waals surface area (Å²) in [6.07, 6.45) is 0. The van der Waals surface area contributed by atoms with Crippen LogP contribution in [-0.2, 0) is 0 Å². The lowest BCUT2D eigenvalue weighted by Gasteiger charge is -2.35. The van der Waals surface area contributed by atoms with Gasteiger partial charge in [-0.1, -0.05) is 0 Å². The third kappa shape index (κ3) is 3.70. The molecule has 1 aromatic carbocycles. The standard InChI is InChI=1S/C13H20F2N4/c1-18-4-6-19(7-5-18)17-13(9-16)11-8-10(14)2-3-12(11)15/h2-3,8,13,17H,4-7,9,16H2,1H3. The molecule has 1 aromatic rings. The van der Waals surface area contributed by atoms with E-state index < -0.39 is 17.7 Å². The van der Waals surface area contributed by atoms with Crippen LogP contribution in [0.5, 0.6) is 0 Å². The van der Waals surface area contributed by atoms with E-state index in [0.717, 1.165) is 38.3 Å². The second-order valence-corrected chi connectivity index (χ2v) is 4.87. The maximum atomic E-state index is 13.7. The zero-order chi connectivity index (χ0) is 13.8. The lowest BCUT2D eigenvalue weighted by atomic mass is 10.1. The highest BCUT2D eigenvalue weighted by molar-refractivity contribution is 5.22. The molecule has 1 fully saturated rings. The molecule has 0 amide bonds. The molecule has 1 heterocycles. The normalized spacial score (nSPS) is 19.6. The van der Waals surface area contributed by atoms with Crippen molar-refractivity contribution in [2.75, 3.05) is 39.8 Å². The van der Waals surface area contributed by atoms with E-state index in [-0.39, 0.29) is 12.1 Å².